The van der Waals surface area contributed by atoms with Gasteiger partial charge in [-0.2, -0.15) is 0 Å². The molecule has 0 bridgehead atoms. The summed E-state index contributed by atoms with van der Waals surface area (Å²) in [7, 11) is 3.25. The third kappa shape index (κ3) is 2.81. The van der Waals surface area contributed by atoms with Crippen molar-refractivity contribution >= 4 is 11.4 Å². The van der Waals surface area contributed by atoms with Crippen molar-refractivity contribution in [2.24, 2.45) is 0 Å². The van der Waals surface area contributed by atoms with Crippen LogP contribution in [0.5, 0.6) is 11.5 Å². The molecule has 4 heteroatoms. The number of hydrogen-bond donors (Lipinski definition) is 1. The zero-order valence-electron chi connectivity index (χ0n) is 12.0. The van der Waals surface area contributed by atoms with E-state index in [4.69, 9.17) is 15.2 Å². The van der Waals surface area contributed by atoms with Crippen LogP contribution in [0.3, 0.4) is 0 Å². The van der Waals surface area contributed by atoms with Crippen molar-refractivity contribution in [1.29, 1.82) is 0 Å². The van der Waals surface area contributed by atoms with Crippen LogP contribution < -0.4 is 20.1 Å². The average molecular weight is 252 g/mol. The second kappa shape index (κ2) is 6.38. The zero-order valence-corrected chi connectivity index (χ0v) is 12.0. The first kappa shape index (κ1) is 14.5. The van der Waals surface area contributed by atoms with Crippen LogP contribution in [-0.2, 0) is 0 Å². The summed E-state index contributed by atoms with van der Waals surface area (Å²) >= 11 is 0. The van der Waals surface area contributed by atoms with Crippen LogP contribution in [-0.4, -0.2) is 26.8 Å². The first-order valence-electron chi connectivity index (χ1n) is 6.37. The van der Waals surface area contributed by atoms with Gasteiger partial charge in [0, 0.05) is 24.7 Å². The number of nitrogen functional groups attached to an aromatic ring is 1. The lowest BCUT2D eigenvalue weighted by atomic mass is 10.1. The summed E-state index contributed by atoms with van der Waals surface area (Å²) in [6.45, 7) is 7.40. The minimum Gasteiger partial charge on any atom is -0.493 e. The molecule has 0 aliphatic heterocycles. The Morgan fingerprint density at radius 3 is 2.17 bits per heavy atom. The molecule has 0 saturated heterocycles. The van der Waals surface area contributed by atoms with E-state index in [1.54, 1.807) is 14.2 Å². The van der Waals surface area contributed by atoms with Gasteiger partial charge in [0.05, 0.1) is 25.6 Å². The highest BCUT2D eigenvalue weighted by molar-refractivity contribution is 5.73. The Bertz CT molecular complexity index is 394. The molecule has 0 aliphatic carbocycles. The maximum absolute atomic E-state index is 6.11. The smallest absolute Gasteiger partial charge is 0.162 e. The molecule has 4 nitrogen and oxygen atoms in total. The number of ether oxygens (including phenoxy) is 2. The number of nitrogens with two attached hydrogens (primary N) is 1. The lowest BCUT2D eigenvalue weighted by Crippen LogP contribution is -2.32. The fourth-order valence-electron chi connectivity index (χ4n) is 2.07. The van der Waals surface area contributed by atoms with E-state index in [2.05, 4.69) is 25.7 Å². The van der Waals surface area contributed by atoms with Gasteiger partial charge in [0.25, 0.3) is 0 Å². The van der Waals surface area contributed by atoms with Crippen LogP contribution in [0, 0.1) is 0 Å². The molecule has 0 spiro atoms. The predicted molar refractivity (Wildman–Crippen MR) is 76.7 cm³/mol. The predicted octanol–water partition coefficient (Wildman–Crippen LogP) is 2.91. The van der Waals surface area contributed by atoms with E-state index >= 15 is 0 Å². The van der Waals surface area contributed by atoms with E-state index < -0.39 is 0 Å². The highest BCUT2D eigenvalue weighted by Gasteiger charge is 2.17. The highest BCUT2D eigenvalue weighted by Crippen LogP contribution is 2.37. The lowest BCUT2D eigenvalue weighted by Gasteiger charge is -2.31. The van der Waals surface area contributed by atoms with Crippen molar-refractivity contribution in [2.45, 2.75) is 33.2 Å². The van der Waals surface area contributed by atoms with Gasteiger partial charge in [-0.1, -0.05) is 6.92 Å². The van der Waals surface area contributed by atoms with Crippen molar-refractivity contribution in [3.05, 3.63) is 12.1 Å². The first-order chi connectivity index (χ1) is 8.58. The van der Waals surface area contributed by atoms with E-state index in [1.807, 2.05) is 12.1 Å². The molecule has 102 valence electrons. The van der Waals surface area contributed by atoms with Gasteiger partial charge in [0.1, 0.15) is 0 Å². The molecular formula is C14H24N2O2. The SMILES string of the molecule is CCC(C)N(CC)c1cc(OC)c(OC)cc1N. The van der Waals surface area contributed by atoms with E-state index in [-0.39, 0.29) is 0 Å². The summed E-state index contributed by atoms with van der Waals surface area (Å²) in [5.74, 6) is 1.38. The normalized spacial score (nSPS) is 12.1. The molecule has 1 rings (SSSR count). The number of benzene rings is 1. The summed E-state index contributed by atoms with van der Waals surface area (Å²) in [6, 6.07) is 4.21. The average Bonchev–Trinajstić information content (AvgIpc) is 2.40. The van der Waals surface area contributed by atoms with E-state index in [0.717, 1.165) is 24.3 Å². The molecule has 2 N–H and O–H groups in total. The van der Waals surface area contributed by atoms with Gasteiger partial charge in [-0.25, -0.2) is 0 Å². The second-order valence-electron chi connectivity index (χ2n) is 4.31. The van der Waals surface area contributed by atoms with Crippen molar-refractivity contribution in [3.63, 3.8) is 0 Å². The van der Waals surface area contributed by atoms with Gasteiger partial charge in [-0.05, 0) is 20.3 Å². The van der Waals surface area contributed by atoms with Crippen molar-refractivity contribution in [3.8, 4) is 11.5 Å². The molecule has 0 radical (unpaired) electrons. The quantitative estimate of drug-likeness (QED) is 0.791. The van der Waals surface area contributed by atoms with Crippen LogP contribution in [0.25, 0.3) is 0 Å². The number of rotatable bonds is 6. The number of anilines is 2. The van der Waals surface area contributed by atoms with Gasteiger partial charge in [0.15, 0.2) is 11.5 Å². The fraction of sp³-hybridized carbons (Fsp3) is 0.571. The standard InChI is InChI=1S/C14H24N2O2/c1-6-10(3)16(7-2)12-9-14(18-5)13(17-4)8-11(12)15/h8-10H,6-7,15H2,1-5H3. The minimum absolute atomic E-state index is 0.440. The Balaban J connectivity index is 3.22. The molecule has 18 heavy (non-hydrogen) atoms. The molecule has 1 atom stereocenters. The molecule has 0 saturated carbocycles. The van der Waals surface area contributed by atoms with Crippen LogP contribution >= 0.6 is 0 Å². The first-order valence-corrected chi connectivity index (χ1v) is 6.37. The molecule has 0 fully saturated rings. The highest BCUT2D eigenvalue weighted by atomic mass is 16.5. The molecule has 0 aromatic heterocycles. The Kier molecular flexibility index (Phi) is 5.13. The van der Waals surface area contributed by atoms with Crippen molar-refractivity contribution < 1.29 is 9.47 Å². The second-order valence-corrected chi connectivity index (χ2v) is 4.31. The third-order valence-electron chi connectivity index (χ3n) is 3.31. The zero-order chi connectivity index (χ0) is 13.7. The largest absolute Gasteiger partial charge is 0.493 e. The topological polar surface area (TPSA) is 47.7 Å². The molecule has 0 amide bonds. The third-order valence-corrected chi connectivity index (χ3v) is 3.31. The summed E-state index contributed by atoms with van der Waals surface area (Å²) in [5, 5.41) is 0. The fourth-order valence-corrected chi connectivity index (χ4v) is 2.07. The number of hydrogen-bond acceptors (Lipinski definition) is 4. The molecular weight excluding hydrogens is 228 g/mol. The van der Waals surface area contributed by atoms with Crippen LogP contribution in [0.1, 0.15) is 27.2 Å². The van der Waals surface area contributed by atoms with Crippen LogP contribution in [0.4, 0.5) is 11.4 Å². The van der Waals surface area contributed by atoms with E-state index in [0.29, 0.717) is 17.5 Å². The van der Waals surface area contributed by atoms with Crippen LogP contribution in [0.2, 0.25) is 0 Å². The summed E-state index contributed by atoms with van der Waals surface area (Å²) < 4.78 is 10.6. The summed E-state index contributed by atoms with van der Waals surface area (Å²) in [6.07, 6.45) is 1.07. The van der Waals surface area contributed by atoms with Gasteiger partial charge >= 0.3 is 0 Å². The summed E-state index contributed by atoms with van der Waals surface area (Å²) in [5.41, 5.74) is 7.83. The molecule has 1 aromatic carbocycles. The molecule has 0 heterocycles. The van der Waals surface area contributed by atoms with E-state index in [1.165, 1.54) is 0 Å². The van der Waals surface area contributed by atoms with Gasteiger partial charge < -0.3 is 20.1 Å². The monoisotopic (exact) mass is 252 g/mol. The van der Waals surface area contributed by atoms with Gasteiger partial charge in [0.2, 0.25) is 0 Å². The van der Waals surface area contributed by atoms with Gasteiger partial charge in [-0.3, -0.25) is 0 Å². The van der Waals surface area contributed by atoms with Crippen molar-refractivity contribution in [2.75, 3.05) is 31.4 Å². The minimum atomic E-state index is 0.440. The number of nitrogens with zero attached hydrogens (tertiary/aromatic N) is 1. The van der Waals surface area contributed by atoms with Gasteiger partial charge in [-0.15, -0.1) is 0 Å². The lowest BCUT2D eigenvalue weighted by molar-refractivity contribution is 0.355. The molecule has 1 unspecified atom stereocenters. The van der Waals surface area contributed by atoms with Crippen molar-refractivity contribution in [1.82, 2.24) is 0 Å². The summed E-state index contributed by atoms with van der Waals surface area (Å²) in [4.78, 5) is 2.28. The maximum atomic E-state index is 6.11. The maximum Gasteiger partial charge on any atom is 0.162 e. The Hall–Kier alpha value is -1.58. The Morgan fingerprint density at radius 1 is 1.17 bits per heavy atom. The van der Waals surface area contributed by atoms with E-state index in [9.17, 15) is 0 Å². The number of methoxy groups -OCH3 is 2. The Labute approximate surface area is 110 Å². The van der Waals surface area contributed by atoms with Crippen LogP contribution in [0.15, 0.2) is 12.1 Å². The Morgan fingerprint density at radius 2 is 1.72 bits per heavy atom. The molecule has 0 aliphatic rings. The molecule has 1 aromatic rings.